The lowest BCUT2D eigenvalue weighted by Gasteiger charge is -2.39. The van der Waals surface area contributed by atoms with Crippen molar-refractivity contribution < 1.29 is 9.13 Å². The number of anilines is 1. The van der Waals surface area contributed by atoms with Gasteiger partial charge >= 0.3 is 6.01 Å². The molecule has 4 aromatic rings. The Morgan fingerprint density at radius 3 is 2.81 bits per heavy atom. The Balaban J connectivity index is 1.69. The number of aromatic amines is 1. The molecule has 2 N–H and O–H groups in total. The highest BCUT2D eigenvalue weighted by Crippen LogP contribution is 2.42. The fourth-order valence-electron chi connectivity index (χ4n) is 4.97. The molecule has 1 fully saturated rings. The van der Waals surface area contributed by atoms with Crippen molar-refractivity contribution in [1.29, 1.82) is 0 Å². The Morgan fingerprint density at radius 2 is 2.03 bits per heavy atom. The molecular weight excluding hydrogens is 493 g/mol. The van der Waals surface area contributed by atoms with Crippen molar-refractivity contribution >= 4 is 39.2 Å². The Labute approximate surface area is 221 Å². The lowest BCUT2D eigenvalue weighted by Crippen LogP contribution is -2.54. The number of aromatic nitrogens is 4. The monoisotopic (exact) mass is 525 g/mol. The molecule has 8 nitrogen and oxygen atoms in total. The number of aryl methyl sites for hydroxylation is 1. The molecule has 1 aliphatic heterocycles. The minimum absolute atomic E-state index is 0.151. The third kappa shape index (κ3) is 4.95. The second-order valence-corrected chi connectivity index (χ2v) is 10.6. The summed E-state index contributed by atoms with van der Waals surface area (Å²) in [6, 6.07) is 6.26. The number of nitrogens with one attached hydrogen (secondary N) is 2. The van der Waals surface area contributed by atoms with E-state index in [1.807, 2.05) is 33.2 Å². The lowest BCUT2D eigenvalue weighted by atomic mass is 9.96. The first kappa shape index (κ1) is 25.6. The van der Waals surface area contributed by atoms with Crippen LogP contribution in [0.2, 0.25) is 5.02 Å². The summed E-state index contributed by atoms with van der Waals surface area (Å²) in [6.07, 6.45) is 2.53. The zero-order valence-corrected chi connectivity index (χ0v) is 22.7. The van der Waals surface area contributed by atoms with E-state index >= 15 is 4.39 Å². The smallest absolute Gasteiger partial charge is 0.319 e. The average molecular weight is 526 g/mol. The summed E-state index contributed by atoms with van der Waals surface area (Å²) in [6.45, 7) is 9.01. The molecule has 1 aliphatic rings. The third-order valence-corrected chi connectivity index (χ3v) is 7.23. The fraction of sp³-hybridized carbons (Fsp3) is 0.444. The number of hydrogen-bond donors (Lipinski definition) is 2. The number of H-pyrrole nitrogens is 1. The molecule has 2 aromatic carbocycles. The first-order valence-corrected chi connectivity index (χ1v) is 13.0. The molecule has 37 heavy (non-hydrogen) atoms. The molecule has 0 saturated carbocycles. The molecule has 1 saturated heterocycles. The lowest BCUT2D eigenvalue weighted by molar-refractivity contribution is 0.264. The van der Waals surface area contributed by atoms with Gasteiger partial charge in [0.25, 0.3) is 0 Å². The first-order chi connectivity index (χ1) is 17.7. The molecule has 0 unspecified atom stereocenters. The standard InChI is InChI=1S/C27H33ClFN7O/c1-15-7-8-18-13-31-34-24(18)21(15)22-20(28)11-19-25(23(22)29)32-27(37-10-6-9-35(4)5)33-26(19)36-14-16(2)30-12-17(36)3/h7-8,11,13,16-17,30H,6,9-10,12,14H2,1-5H3,(H,31,34)/t16-,17+/m1/s1. The van der Waals surface area contributed by atoms with Crippen LogP contribution < -0.4 is 15.0 Å². The van der Waals surface area contributed by atoms with Crippen molar-refractivity contribution in [1.82, 2.24) is 30.4 Å². The number of rotatable bonds is 7. The topological polar surface area (TPSA) is 82.2 Å². The zero-order chi connectivity index (χ0) is 26.3. The van der Waals surface area contributed by atoms with Gasteiger partial charge in [-0.2, -0.15) is 15.1 Å². The molecular formula is C27H33ClFN7O. The number of hydrogen-bond acceptors (Lipinski definition) is 7. The number of fused-ring (bicyclic) bond motifs is 2. The van der Waals surface area contributed by atoms with Crippen LogP contribution in [-0.4, -0.2) is 77.5 Å². The molecule has 0 amide bonds. The number of nitrogens with zero attached hydrogens (tertiary/aromatic N) is 5. The van der Waals surface area contributed by atoms with Gasteiger partial charge < -0.3 is 19.9 Å². The number of ether oxygens (including phenoxy) is 1. The van der Waals surface area contributed by atoms with Crippen LogP contribution in [0.15, 0.2) is 24.4 Å². The minimum Gasteiger partial charge on any atom is -0.463 e. The van der Waals surface area contributed by atoms with E-state index in [0.717, 1.165) is 42.5 Å². The predicted octanol–water partition coefficient (Wildman–Crippen LogP) is 4.79. The van der Waals surface area contributed by atoms with Crippen LogP contribution in [0.4, 0.5) is 10.2 Å². The van der Waals surface area contributed by atoms with Crippen molar-refractivity contribution in [2.24, 2.45) is 0 Å². The molecule has 0 bridgehead atoms. The zero-order valence-electron chi connectivity index (χ0n) is 21.9. The average Bonchev–Trinajstić information content (AvgIpc) is 3.33. The van der Waals surface area contributed by atoms with Gasteiger partial charge in [-0.05, 0) is 52.9 Å². The summed E-state index contributed by atoms with van der Waals surface area (Å²) in [7, 11) is 4.03. The maximum absolute atomic E-state index is 16.5. The maximum Gasteiger partial charge on any atom is 0.319 e. The predicted molar refractivity (Wildman–Crippen MR) is 147 cm³/mol. The molecule has 2 atom stereocenters. The highest BCUT2D eigenvalue weighted by atomic mass is 35.5. The summed E-state index contributed by atoms with van der Waals surface area (Å²) < 4.78 is 22.5. The van der Waals surface area contributed by atoms with E-state index in [2.05, 4.69) is 44.1 Å². The van der Waals surface area contributed by atoms with Gasteiger partial charge in [0, 0.05) is 53.6 Å². The van der Waals surface area contributed by atoms with Gasteiger partial charge in [-0.3, -0.25) is 5.10 Å². The number of benzene rings is 2. The molecule has 5 rings (SSSR count). The Morgan fingerprint density at radius 1 is 1.22 bits per heavy atom. The maximum atomic E-state index is 16.5. The van der Waals surface area contributed by atoms with E-state index in [0.29, 0.717) is 34.0 Å². The van der Waals surface area contributed by atoms with Gasteiger partial charge in [0.05, 0.1) is 23.3 Å². The second-order valence-electron chi connectivity index (χ2n) is 10.2. The van der Waals surface area contributed by atoms with Crippen molar-refractivity contribution in [2.45, 2.75) is 39.3 Å². The fourth-order valence-corrected chi connectivity index (χ4v) is 5.26. The van der Waals surface area contributed by atoms with Gasteiger partial charge in [0.15, 0.2) is 5.82 Å². The van der Waals surface area contributed by atoms with E-state index in [4.69, 9.17) is 21.3 Å². The Bertz CT molecular complexity index is 1440. The van der Waals surface area contributed by atoms with Crippen LogP contribution in [-0.2, 0) is 0 Å². The largest absolute Gasteiger partial charge is 0.463 e. The summed E-state index contributed by atoms with van der Waals surface area (Å²) >= 11 is 6.83. The quantitative estimate of drug-likeness (QED) is 0.336. The van der Waals surface area contributed by atoms with Gasteiger partial charge in [-0.25, -0.2) is 4.39 Å². The van der Waals surface area contributed by atoms with Crippen molar-refractivity contribution in [3.63, 3.8) is 0 Å². The molecule has 0 aliphatic carbocycles. The summed E-state index contributed by atoms with van der Waals surface area (Å²) in [5.74, 6) is 0.141. The van der Waals surface area contributed by atoms with E-state index in [9.17, 15) is 0 Å². The van der Waals surface area contributed by atoms with E-state index in [1.54, 1.807) is 12.3 Å². The highest BCUT2D eigenvalue weighted by Gasteiger charge is 2.29. The number of halogens is 2. The Hall–Kier alpha value is -3.01. The van der Waals surface area contributed by atoms with Crippen LogP contribution in [0.3, 0.4) is 0 Å². The van der Waals surface area contributed by atoms with E-state index < -0.39 is 5.82 Å². The first-order valence-electron chi connectivity index (χ1n) is 12.6. The van der Waals surface area contributed by atoms with Crippen LogP contribution in [0, 0.1) is 12.7 Å². The molecule has 0 radical (unpaired) electrons. The van der Waals surface area contributed by atoms with Crippen molar-refractivity contribution in [3.8, 4) is 17.1 Å². The van der Waals surface area contributed by atoms with Crippen LogP contribution in [0.1, 0.15) is 25.8 Å². The second kappa shape index (κ2) is 10.4. The molecule has 0 spiro atoms. The molecule has 3 heterocycles. The molecule has 196 valence electrons. The van der Waals surface area contributed by atoms with Crippen LogP contribution in [0.25, 0.3) is 32.9 Å². The molecule has 10 heteroatoms. The third-order valence-electron chi connectivity index (χ3n) is 6.94. The SMILES string of the molecule is Cc1ccc2cn[nH]c2c1-c1c(Cl)cc2c(N3C[C@@H](C)NC[C@@H]3C)nc(OCCCN(C)C)nc2c1F. The summed E-state index contributed by atoms with van der Waals surface area (Å²) in [4.78, 5) is 13.6. The molecule has 2 aromatic heterocycles. The normalized spacial score (nSPS) is 18.3. The summed E-state index contributed by atoms with van der Waals surface area (Å²) in [5.41, 5.74) is 2.79. The van der Waals surface area contributed by atoms with Gasteiger partial charge in [0.2, 0.25) is 0 Å². The van der Waals surface area contributed by atoms with Gasteiger partial charge in [-0.15, -0.1) is 0 Å². The van der Waals surface area contributed by atoms with Gasteiger partial charge in [-0.1, -0.05) is 23.7 Å². The van der Waals surface area contributed by atoms with E-state index in [1.165, 1.54) is 0 Å². The van der Waals surface area contributed by atoms with Gasteiger partial charge in [0.1, 0.15) is 11.3 Å². The van der Waals surface area contributed by atoms with Crippen molar-refractivity contribution in [3.05, 3.63) is 40.8 Å². The van der Waals surface area contributed by atoms with Crippen molar-refractivity contribution in [2.75, 3.05) is 45.2 Å². The van der Waals surface area contributed by atoms with Crippen LogP contribution >= 0.6 is 11.6 Å². The van der Waals surface area contributed by atoms with Crippen LogP contribution in [0.5, 0.6) is 6.01 Å². The summed E-state index contributed by atoms with van der Waals surface area (Å²) in [5, 5.41) is 12.4. The Kier molecular flexibility index (Phi) is 7.20. The highest BCUT2D eigenvalue weighted by molar-refractivity contribution is 6.35. The number of piperazine rings is 1. The van der Waals surface area contributed by atoms with E-state index in [-0.39, 0.29) is 23.6 Å². The minimum atomic E-state index is -0.495.